The first kappa shape index (κ1) is 16.7. The monoisotopic (exact) mass is 330 g/mol. The van der Waals surface area contributed by atoms with Crippen LogP contribution >= 0.6 is 0 Å². The quantitative estimate of drug-likeness (QED) is 0.863. The fourth-order valence-electron chi connectivity index (χ4n) is 3.54. The highest BCUT2D eigenvalue weighted by atomic mass is 16.5. The molecule has 6 nitrogen and oxygen atoms in total. The van der Waals surface area contributed by atoms with Crippen LogP contribution in [0.15, 0.2) is 10.6 Å². The van der Waals surface area contributed by atoms with Crippen molar-refractivity contribution in [2.45, 2.75) is 66.0 Å². The molecule has 1 atom stereocenters. The van der Waals surface area contributed by atoms with Crippen molar-refractivity contribution in [1.29, 1.82) is 0 Å². The zero-order chi connectivity index (χ0) is 17.4. The molecule has 0 bridgehead atoms. The molecule has 0 saturated carbocycles. The lowest BCUT2D eigenvalue weighted by Crippen LogP contribution is -2.39. The Kier molecular flexibility index (Phi) is 4.47. The SMILES string of the molecule is Cc1cc(C)n(C[C@H]2CCCN2C(=O)c2c(C)noc2C(C)C)n1. The number of carbonyl (C=O) groups excluding carboxylic acids is 1. The molecule has 1 saturated heterocycles. The highest BCUT2D eigenvalue weighted by molar-refractivity contribution is 5.96. The van der Waals surface area contributed by atoms with Gasteiger partial charge < -0.3 is 9.42 Å². The molecule has 6 heteroatoms. The minimum absolute atomic E-state index is 0.0430. The number of likely N-dealkylation sites (tertiary alicyclic amines) is 1. The van der Waals surface area contributed by atoms with E-state index in [0.29, 0.717) is 17.0 Å². The largest absolute Gasteiger partial charge is 0.360 e. The second kappa shape index (κ2) is 6.42. The number of amides is 1. The summed E-state index contributed by atoms with van der Waals surface area (Å²) in [4.78, 5) is 15.1. The van der Waals surface area contributed by atoms with E-state index in [1.54, 1.807) is 0 Å². The maximum atomic E-state index is 13.1. The third-order valence-electron chi connectivity index (χ3n) is 4.75. The van der Waals surface area contributed by atoms with E-state index in [4.69, 9.17) is 4.52 Å². The van der Waals surface area contributed by atoms with Crippen molar-refractivity contribution in [3.8, 4) is 0 Å². The van der Waals surface area contributed by atoms with Gasteiger partial charge in [0, 0.05) is 18.2 Å². The number of nitrogens with zero attached hydrogens (tertiary/aromatic N) is 4. The summed E-state index contributed by atoms with van der Waals surface area (Å²) in [6.07, 6.45) is 2.03. The third-order valence-corrected chi connectivity index (χ3v) is 4.75. The van der Waals surface area contributed by atoms with Gasteiger partial charge in [-0.05, 0) is 39.7 Å². The van der Waals surface area contributed by atoms with Gasteiger partial charge in [0.25, 0.3) is 5.91 Å². The van der Waals surface area contributed by atoms with Gasteiger partial charge in [0.15, 0.2) is 5.76 Å². The number of aryl methyl sites for hydroxylation is 3. The molecule has 1 fully saturated rings. The molecule has 3 rings (SSSR count). The second-order valence-electron chi connectivity index (χ2n) is 7.07. The number of hydrogen-bond donors (Lipinski definition) is 0. The number of carbonyl (C=O) groups is 1. The Balaban J connectivity index is 1.84. The van der Waals surface area contributed by atoms with Crippen molar-refractivity contribution >= 4 is 5.91 Å². The van der Waals surface area contributed by atoms with E-state index in [1.807, 2.05) is 37.3 Å². The van der Waals surface area contributed by atoms with Crippen molar-refractivity contribution in [2.75, 3.05) is 6.54 Å². The van der Waals surface area contributed by atoms with Crippen molar-refractivity contribution in [3.05, 3.63) is 34.5 Å². The molecule has 2 aromatic heterocycles. The van der Waals surface area contributed by atoms with Gasteiger partial charge in [-0.1, -0.05) is 19.0 Å². The second-order valence-corrected chi connectivity index (χ2v) is 7.07. The Hall–Kier alpha value is -2.11. The minimum atomic E-state index is 0.0430. The zero-order valence-corrected chi connectivity index (χ0v) is 15.2. The number of rotatable bonds is 4. The van der Waals surface area contributed by atoms with E-state index >= 15 is 0 Å². The van der Waals surface area contributed by atoms with Crippen LogP contribution in [0.3, 0.4) is 0 Å². The summed E-state index contributed by atoms with van der Waals surface area (Å²) in [6, 6.07) is 2.24. The summed E-state index contributed by atoms with van der Waals surface area (Å²) >= 11 is 0. The Morgan fingerprint density at radius 2 is 2.12 bits per heavy atom. The van der Waals surface area contributed by atoms with Gasteiger partial charge in [0.2, 0.25) is 0 Å². The molecule has 0 N–H and O–H groups in total. The molecule has 1 amide bonds. The maximum absolute atomic E-state index is 13.1. The van der Waals surface area contributed by atoms with Crippen LogP contribution in [0.4, 0.5) is 0 Å². The molecule has 24 heavy (non-hydrogen) atoms. The molecule has 0 spiro atoms. The number of aromatic nitrogens is 3. The van der Waals surface area contributed by atoms with E-state index in [1.165, 1.54) is 0 Å². The maximum Gasteiger partial charge on any atom is 0.259 e. The Morgan fingerprint density at radius 3 is 2.75 bits per heavy atom. The Morgan fingerprint density at radius 1 is 1.38 bits per heavy atom. The first-order chi connectivity index (χ1) is 11.4. The molecule has 0 unspecified atom stereocenters. The van der Waals surface area contributed by atoms with Crippen LogP contribution in [0.5, 0.6) is 0 Å². The van der Waals surface area contributed by atoms with Gasteiger partial charge in [0.1, 0.15) is 5.56 Å². The van der Waals surface area contributed by atoms with E-state index in [2.05, 4.69) is 23.2 Å². The predicted octanol–water partition coefficient (Wildman–Crippen LogP) is 3.22. The van der Waals surface area contributed by atoms with Crippen molar-refractivity contribution in [3.63, 3.8) is 0 Å². The van der Waals surface area contributed by atoms with Gasteiger partial charge in [-0.3, -0.25) is 9.48 Å². The summed E-state index contributed by atoms with van der Waals surface area (Å²) in [5.41, 5.74) is 3.47. The first-order valence-electron chi connectivity index (χ1n) is 8.66. The van der Waals surface area contributed by atoms with Crippen LogP contribution in [-0.2, 0) is 6.54 Å². The molecule has 2 aromatic rings. The lowest BCUT2D eigenvalue weighted by Gasteiger charge is -2.25. The molecular formula is C18H26N4O2. The van der Waals surface area contributed by atoms with Gasteiger partial charge in [0.05, 0.1) is 24.0 Å². The number of hydrogen-bond acceptors (Lipinski definition) is 4. The standard InChI is InChI=1S/C18H26N4O2/c1-11(2)17-16(14(5)20-24-17)18(23)21-8-6-7-15(21)10-22-13(4)9-12(3)19-22/h9,11,15H,6-8,10H2,1-5H3/t15-/m1/s1. The summed E-state index contributed by atoms with van der Waals surface area (Å²) in [5, 5.41) is 8.56. The molecular weight excluding hydrogens is 304 g/mol. The molecule has 130 valence electrons. The van der Waals surface area contributed by atoms with Crippen molar-refractivity contribution < 1.29 is 9.32 Å². The summed E-state index contributed by atoms with van der Waals surface area (Å²) in [5.74, 6) is 0.873. The molecule has 1 aliphatic heterocycles. The van der Waals surface area contributed by atoms with Crippen LogP contribution in [0.25, 0.3) is 0 Å². The van der Waals surface area contributed by atoms with Crippen LogP contribution < -0.4 is 0 Å². The Bertz CT molecular complexity index is 744. The topological polar surface area (TPSA) is 64.2 Å². The van der Waals surface area contributed by atoms with E-state index in [9.17, 15) is 4.79 Å². The van der Waals surface area contributed by atoms with Gasteiger partial charge in [-0.2, -0.15) is 5.10 Å². The molecule has 0 aliphatic carbocycles. The summed E-state index contributed by atoms with van der Waals surface area (Å²) < 4.78 is 7.41. The minimum Gasteiger partial charge on any atom is -0.360 e. The summed E-state index contributed by atoms with van der Waals surface area (Å²) in [7, 11) is 0. The van der Waals surface area contributed by atoms with Crippen molar-refractivity contribution in [2.24, 2.45) is 0 Å². The molecule has 0 aromatic carbocycles. The highest BCUT2D eigenvalue weighted by Crippen LogP contribution is 2.28. The van der Waals surface area contributed by atoms with Crippen LogP contribution in [-0.4, -0.2) is 38.3 Å². The van der Waals surface area contributed by atoms with Crippen LogP contribution in [0.2, 0.25) is 0 Å². The van der Waals surface area contributed by atoms with Gasteiger partial charge in [-0.25, -0.2) is 0 Å². The average molecular weight is 330 g/mol. The van der Waals surface area contributed by atoms with Crippen LogP contribution in [0.1, 0.15) is 65.8 Å². The predicted molar refractivity (Wildman–Crippen MR) is 91.1 cm³/mol. The molecule has 3 heterocycles. The van der Waals surface area contributed by atoms with E-state index in [-0.39, 0.29) is 17.9 Å². The molecule has 1 aliphatic rings. The normalized spacial score (nSPS) is 17.9. The third kappa shape index (κ3) is 2.97. The first-order valence-corrected chi connectivity index (χ1v) is 8.66. The average Bonchev–Trinajstić information content (AvgIpc) is 3.19. The Labute approximate surface area is 142 Å². The van der Waals surface area contributed by atoms with E-state index < -0.39 is 0 Å². The lowest BCUT2D eigenvalue weighted by molar-refractivity contribution is 0.0717. The summed E-state index contributed by atoms with van der Waals surface area (Å²) in [6.45, 7) is 11.5. The van der Waals surface area contributed by atoms with Crippen LogP contribution in [0, 0.1) is 20.8 Å². The zero-order valence-electron chi connectivity index (χ0n) is 15.2. The fourth-order valence-corrected chi connectivity index (χ4v) is 3.54. The van der Waals surface area contributed by atoms with Gasteiger partial charge in [-0.15, -0.1) is 0 Å². The van der Waals surface area contributed by atoms with E-state index in [0.717, 1.165) is 37.3 Å². The molecule has 0 radical (unpaired) electrons. The smallest absolute Gasteiger partial charge is 0.259 e. The highest BCUT2D eigenvalue weighted by Gasteiger charge is 2.34. The van der Waals surface area contributed by atoms with Crippen molar-refractivity contribution in [1.82, 2.24) is 19.8 Å². The fraction of sp³-hybridized carbons (Fsp3) is 0.611. The lowest BCUT2D eigenvalue weighted by atomic mass is 10.0. The van der Waals surface area contributed by atoms with Gasteiger partial charge >= 0.3 is 0 Å².